The van der Waals surface area contributed by atoms with Gasteiger partial charge in [-0.3, -0.25) is 4.40 Å². The predicted molar refractivity (Wildman–Crippen MR) is 167 cm³/mol. The second-order valence-corrected chi connectivity index (χ2v) is 10.9. The van der Waals surface area contributed by atoms with Crippen LogP contribution in [-0.4, -0.2) is 18.9 Å². The molecular formula is C36H28N5O+. The summed E-state index contributed by atoms with van der Waals surface area (Å²) in [6, 6.07) is 31.5. The molecule has 4 aromatic carbocycles. The maximum Gasteiger partial charge on any atom is 0.255 e. The maximum atomic E-state index is 6.47. The van der Waals surface area contributed by atoms with Crippen molar-refractivity contribution < 1.29 is 9.30 Å². The summed E-state index contributed by atoms with van der Waals surface area (Å²) in [4.78, 5) is 9.24. The highest BCUT2D eigenvalue weighted by atomic mass is 16.5. The number of fused-ring (bicyclic) bond motifs is 7. The number of rotatable bonds is 4. The Morgan fingerprint density at radius 2 is 1.45 bits per heavy atom. The van der Waals surface area contributed by atoms with Crippen LogP contribution in [0.3, 0.4) is 0 Å². The number of hydrogen-bond acceptors (Lipinski definition) is 3. The Morgan fingerprint density at radius 1 is 0.667 bits per heavy atom. The smallest absolute Gasteiger partial charge is 0.255 e. The van der Waals surface area contributed by atoms with Crippen molar-refractivity contribution in [3.8, 4) is 22.9 Å². The topological polar surface area (TPSA) is 48.2 Å². The van der Waals surface area contributed by atoms with Crippen molar-refractivity contribution in [2.75, 3.05) is 0 Å². The van der Waals surface area contributed by atoms with Crippen LogP contribution in [0, 0.1) is 20.8 Å². The van der Waals surface area contributed by atoms with Gasteiger partial charge in [-0.05, 0) is 91.9 Å². The Balaban J connectivity index is 1.22. The SMILES string of the molecule is Cc1cc(C)c(-[n+]2cn(-c3cccc(Oc4ccc5c6cccnc6n6ccnc6c5c4)c3)c3ccccc32)c(C)c1. The second kappa shape index (κ2) is 9.28. The van der Waals surface area contributed by atoms with Gasteiger partial charge in [-0.25, -0.2) is 9.97 Å². The lowest BCUT2D eigenvalue weighted by molar-refractivity contribution is -0.568. The molecule has 0 fully saturated rings. The predicted octanol–water partition coefficient (Wildman–Crippen LogP) is 7.97. The van der Waals surface area contributed by atoms with Gasteiger partial charge < -0.3 is 4.74 Å². The highest BCUT2D eigenvalue weighted by Gasteiger charge is 2.22. The second-order valence-electron chi connectivity index (χ2n) is 10.9. The average molecular weight is 547 g/mol. The van der Waals surface area contributed by atoms with Crippen LogP contribution in [0.25, 0.3) is 49.9 Å². The van der Waals surface area contributed by atoms with E-state index in [1.54, 1.807) is 0 Å². The highest BCUT2D eigenvalue weighted by molar-refractivity contribution is 6.11. The number of ether oxygens (including phenoxy) is 1. The maximum absolute atomic E-state index is 6.47. The molecule has 0 amide bonds. The summed E-state index contributed by atoms with van der Waals surface area (Å²) in [6.45, 7) is 6.52. The van der Waals surface area contributed by atoms with Crippen LogP contribution in [0.1, 0.15) is 16.7 Å². The number of aryl methyl sites for hydroxylation is 3. The quantitative estimate of drug-likeness (QED) is 0.166. The van der Waals surface area contributed by atoms with Crippen molar-refractivity contribution in [2.24, 2.45) is 0 Å². The van der Waals surface area contributed by atoms with Gasteiger partial charge in [0, 0.05) is 35.4 Å². The summed E-state index contributed by atoms with van der Waals surface area (Å²) in [6.07, 6.45) is 7.76. The van der Waals surface area contributed by atoms with Crippen molar-refractivity contribution in [1.29, 1.82) is 0 Å². The van der Waals surface area contributed by atoms with Crippen LogP contribution in [-0.2, 0) is 0 Å². The van der Waals surface area contributed by atoms with Crippen LogP contribution in [0.2, 0.25) is 0 Å². The molecule has 0 saturated carbocycles. The molecule has 0 N–H and O–H groups in total. The van der Waals surface area contributed by atoms with E-state index in [2.05, 4.69) is 113 Å². The fourth-order valence-electron chi connectivity index (χ4n) is 6.36. The van der Waals surface area contributed by atoms with E-state index in [1.165, 1.54) is 22.4 Å². The molecule has 8 rings (SSSR count). The first-order valence-corrected chi connectivity index (χ1v) is 14.1. The van der Waals surface area contributed by atoms with E-state index in [1.807, 2.05) is 47.3 Å². The largest absolute Gasteiger partial charge is 0.457 e. The van der Waals surface area contributed by atoms with Gasteiger partial charge in [0.15, 0.2) is 11.0 Å². The van der Waals surface area contributed by atoms with Crippen LogP contribution >= 0.6 is 0 Å². The molecule has 0 aliphatic rings. The third-order valence-electron chi connectivity index (χ3n) is 8.02. The third kappa shape index (κ3) is 3.76. The average Bonchev–Trinajstić information content (AvgIpc) is 3.64. The zero-order valence-electron chi connectivity index (χ0n) is 23.6. The van der Waals surface area contributed by atoms with E-state index in [4.69, 9.17) is 4.74 Å². The fourth-order valence-corrected chi connectivity index (χ4v) is 6.36. The summed E-state index contributed by atoms with van der Waals surface area (Å²) >= 11 is 0. The Morgan fingerprint density at radius 3 is 2.33 bits per heavy atom. The molecule has 4 aromatic heterocycles. The summed E-state index contributed by atoms with van der Waals surface area (Å²) in [5.41, 5.74) is 10.1. The minimum absolute atomic E-state index is 0.756. The molecule has 0 aliphatic heterocycles. The van der Waals surface area contributed by atoms with Crippen molar-refractivity contribution in [1.82, 2.24) is 18.9 Å². The van der Waals surface area contributed by atoms with Crippen LogP contribution in [0.5, 0.6) is 11.5 Å². The lowest BCUT2D eigenvalue weighted by Gasteiger charge is -2.10. The van der Waals surface area contributed by atoms with Gasteiger partial charge >= 0.3 is 0 Å². The minimum atomic E-state index is 0.756. The number of aromatic nitrogens is 5. The minimum Gasteiger partial charge on any atom is -0.457 e. The van der Waals surface area contributed by atoms with Gasteiger partial charge in [0.05, 0.1) is 0 Å². The molecular weight excluding hydrogens is 518 g/mol. The Kier molecular flexibility index (Phi) is 5.37. The molecule has 8 aromatic rings. The van der Waals surface area contributed by atoms with E-state index in [9.17, 15) is 0 Å². The van der Waals surface area contributed by atoms with Gasteiger partial charge in [-0.2, -0.15) is 9.13 Å². The van der Waals surface area contributed by atoms with Crippen molar-refractivity contribution in [2.45, 2.75) is 20.8 Å². The van der Waals surface area contributed by atoms with Gasteiger partial charge in [-0.1, -0.05) is 35.9 Å². The van der Waals surface area contributed by atoms with E-state index >= 15 is 0 Å². The Labute approximate surface area is 242 Å². The first kappa shape index (κ1) is 24.3. The molecule has 0 unspecified atom stereocenters. The molecule has 202 valence electrons. The summed E-state index contributed by atoms with van der Waals surface area (Å²) < 4.78 is 13.0. The third-order valence-corrected chi connectivity index (χ3v) is 8.02. The summed E-state index contributed by atoms with van der Waals surface area (Å²) in [5, 5.41) is 3.21. The van der Waals surface area contributed by atoms with Gasteiger partial charge in [0.25, 0.3) is 6.33 Å². The van der Waals surface area contributed by atoms with Gasteiger partial charge in [0.1, 0.15) is 34.2 Å². The first-order valence-electron chi connectivity index (χ1n) is 14.1. The van der Waals surface area contributed by atoms with E-state index in [0.29, 0.717) is 0 Å². The number of pyridine rings is 2. The van der Waals surface area contributed by atoms with Crippen molar-refractivity contribution in [3.05, 3.63) is 133 Å². The molecule has 42 heavy (non-hydrogen) atoms. The summed E-state index contributed by atoms with van der Waals surface area (Å²) in [7, 11) is 0. The van der Waals surface area contributed by atoms with E-state index in [0.717, 1.165) is 55.7 Å². The molecule has 0 bridgehead atoms. The number of hydrogen-bond donors (Lipinski definition) is 0. The number of benzene rings is 4. The van der Waals surface area contributed by atoms with Gasteiger partial charge in [-0.15, -0.1) is 0 Å². The molecule has 0 aliphatic carbocycles. The zero-order chi connectivity index (χ0) is 28.4. The van der Waals surface area contributed by atoms with Crippen molar-refractivity contribution >= 4 is 38.5 Å². The molecule has 0 radical (unpaired) electrons. The van der Waals surface area contributed by atoms with Crippen molar-refractivity contribution in [3.63, 3.8) is 0 Å². The van der Waals surface area contributed by atoms with Crippen LogP contribution < -0.4 is 9.30 Å². The molecule has 0 atom stereocenters. The number of para-hydroxylation sites is 2. The highest BCUT2D eigenvalue weighted by Crippen LogP contribution is 2.33. The summed E-state index contributed by atoms with van der Waals surface area (Å²) in [5.74, 6) is 1.52. The molecule has 0 spiro atoms. The van der Waals surface area contributed by atoms with Crippen LogP contribution in [0.4, 0.5) is 0 Å². The number of imidazole rings is 2. The number of nitrogens with zero attached hydrogens (tertiary/aromatic N) is 5. The lowest BCUT2D eigenvalue weighted by Crippen LogP contribution is -2.31. The van der Waals surface area contributed by atoms with E-state index in [-0.39, 0.29) is 0 Å². The molecule has 6 heteroatoms. The Hall–Kier alpha value is -5.49. The standard InChI is InChI=1S/C36H28N5O/c1-23-18-24(2)34(25(3)19-23)41-22-40(32-11-4-5-12-33(32)41)26-8-6-9-27(20-26)42-28-13-14-29-30-10-7-15-37-35(30)39-17-16-38-36(39)31(29)21-28/h4-22H,1-3H3/q+1. The Bertz CT molecular complexity index is 2310. The monoisotopic (exact) mass is 546 g/mol. The fraction of sp³-hybridized carbons (Fsp3) is 0.0833. The molecule has 4 heterocycles. The normalized spacial score (nSPS) is 11.7. The molecule has 0 saturated heterocycles. The van der Waals surface area contributed by atoms with Crippen LogP contribution in [0.15, 0.2) is 116 Å². The van der Waals surface area contributed by atoms with E-state index < -0.39 is 0 Å². The zero-order valence-corrected chi connectivity index (χ0v) is 23.6. The molecule has 6 nitrogen and oxygen atoms in total. The lowest BCUT2D eigenvalue weighted by atomic mass is 10.0. The first-order chi connectivity index (χ1) is 20.5. The van der Waals surface area contributed by atoms with Gasteiger partial charge in [0.2, 0.25) is 0 Å².